The molecule has 2 atom stereocenters. The molecule has 1 aliphatic heterocycles. The molecule has 4 heterocycles. The van der Waals surface area contributed by atoms with Crippen molar-refractivity contribution in [2.24, 2.45) is 12.5 Å². The van der Waals surface area contributed by atoms with Gasteiger partial charge < -0.3 is 19.1 Å². The maximum Gasteiger partial charge on any atom is 0.168 e. The predicted molar refractivity (Wildman–Crippen MR) is 229 cm³/mol. The molecule has 1 fully saturated rings. The number of nitrogens with zero attached hydrogens (tertiary/aromatic N) is 6. The molecule has 7 aromatic rings. The fourth-order valence-corrected chi connectivity index (χ4v) is 8.49. The lowest BCUT2D eigenvalue weighted by molar-refractivity contribution is -0.0396. The summed E-state index contributed by atoms with van der Waals surface area (Å²) in [6, 6.07) is 27.6. The Morgan fingerprint density at radius 1 is 0.881 bits per heavy atom. The lowest BCUT2D eigenvalue weighted by Crippen LogP contribution is -2.28. The van der Waals surface area contributed by atoms with Gasteiger partial charge in [0.15, 0.2) is 23.2 Å². The van der Waals surface area contributed by atoms with Gasteiger partial charge in [0.05, 0.1) is 22.2 Å². The van der Waals surface area contributed by atoms with Crippen LogP contribution in [-0.4, -0.2) is 47.4 Å². The summed E-state index contributed by atoms with van der Waals surface area (Å²) in [5.74, 6) is 0.0624. The van der Waals surface area contributed by atoms with Gasteiger partial charge in [0, 0.05) is 66.3 Å². The molecule has 12 heteroatoms. The number of benzene rings is 4. The Bertz CT molecular complexity index is 2580. The van der Waals surface area contributed by atoms with E-state index in [0.717, 1.165) is 52.5 Å². The monoisotopic (exact) mass is 862 g/mol. The van der Waals surface area contributed by atoms with Crippen LogP contribution in [0.3, 0.4) is 0 Å². The first kappa shape index (κ1) is 40.6. The number of aliphatic hydroxyl groups is 1. The maximum atomic E-state index is 16.6. The van der Waals surface area contributed by atoms with E-state index < -0.39 is 17.0 Å². The quantitative estimate of drug-likeness (QED) is 0.117. The molecule has 0 amide bonds. The van der Waals surface area contributed by atoms with Gasteiger partial charge in [-0.25, -0.2) is 23.1 Å². The predicted octanol–water partition coefficient (Wildman–Crippen LogP) is 11.2. The molecule has 306 valence electrons. The number of hydrogen-bond acceptors (Lipinski definition) is 6. The molecule has 1 saturated heterocycles. The van der Waals surface area contributed by atoms with Crippen molar-refractivity contribution in [1.82, 2.24) is 29.1 Å². The molecule has 9 nitrogen and oxygen atoms in total. The number of para-hydroxylation sites is 1. The third-order valence-electron chi connectivity index (χ3n) is 11.7. The number of aliphatic hydroxyl groups excluding tert-OH is 1. The minimum absolute atomic E-state index is 0.0377. The van der Waals surface area contributed by atoms with E-state index in [-0.39, 0.29) is 41.7 Å². The van der Waals surface area contributed by atoms with Crippen LogP contribution in [0.15, 0.2) is 108 Å². The molecule has 0 bridgehead atoms. The Balaban J connectivity index is 1.17. The summed E-state index contributed by atoms with van der Waals surface area (Å²) in [4.78, 5) is 5.01. The lowest BCUT2D eigenvalue weighted by Gasteiger charge is -2.32. The van der Waals surface area contributed by atoms with Crippen LogP contribution < -0.4 is 4.74 Å². The number of fused-ring (bicyclic) bond motifs is 1. The van der Waals surface area contributed by atoms with Crippen molar-refractivity contribution in [2.75, 3.05) is 13.2 Å². The van der Waals surface area contributed by atoms with Crippen molar-refractivity contribution in [2.45, 2.75) is 77.4 Å². The van der Waals surface area contributed by atoms with Crippen LogP contribution in [0, 0.1) is 17.0 Å². The smallest absolute Gasteiger partial charge is 0.168 e. The molecule has 0 spiro atoms. The molecule has 1 N–H and O–H groups in total. The number of halogens is 3. The summed E-state index contributed by atoms with van der Waals surface area (Å²) >= 11 is 3.63. The fraction of sp³-hybridized carbons (Fsp3) is 0.340. The Hall–Kier alpha value is -5.17. The average molecular weight is 864 g/mol. The highest BCUT2D eigenvalue weighted by molar-refractivity contribution is 9.10. The summed E-state index contributed by atoms with van der Waals surface area (Å²) in [5.41, 5.74) is 3.36. The van der Waals surface area contributed by atoms with Crippen LogP contribution in [0.4, 0.5) is 8.78 Å². The molecular formula is C47H49BrF2N6O3. The first-order valence-corrected chi connectivity index (χ1v) is 21.0. The molecule has 0 saturated carbocycles. The van der Waals surface area contributed by atoms with Crippen LogP contribution in [0.5, 0.6) is 11.5 Å². The van der Waals surface area contributed by atoms with Crippen molar-refractivity contribution in [3.63, 3.8) is 0 Å². The van der Waals surface area contributed by atoms with E-state index >= 15 is 8.78 Å². The molecule has 2 unspecified atom stereocenters. The average Bonchev–Trinajstić information content (AvgIpc) is 3.98. The van der Waals surface area contributed by atoms with E-state index in [0.29, 0.717) is 42.2 Å². The van der Waals surface area contributed by atoms with E-state index in [2.05, 4.69) is 48.8 Å². The van der Waals surface area contributed by atoms with E-state index in [1.807, 2.05) is 76.2 Å². The molecule has 0 aliphatic carbocycles. The number of hydrogen-bond donors (Lipinski definition) is 1. The Labute approximate surface area is 351 Å². The topological polar surface area (TPSA) is 92.2 Å². The molecule has 3 aromatic heterocycles. The molecule has 4 aromatic carbocycles. The van der Waals surface area contributed by atoms with Crippen LogP contribution >= 0.6 is 15.9 Å². The van der Waals surface area contributed by atoms with Crippen molar-refractivity contribution < 1.29 is 23.4 Å². The zero-order chi connectivity index (χ0) is 41.3. The third-order valence-corrected chi connectivity index (χ3v) is 12.2. The SMILES string of the molecule is Cn1nc(C(C)(CCC(C)(C)CCO)c2cccc(Br)c2)nc1-c1cc(Oc2c(F)cc3c(ccn3-c3ccccc3)c2Cc2ccn(C3CCCCO3)n2)ccc1F. The molecule has 8 rings (SSSR count). The van der Waals surface area contributed by atoms with Gasteiger partial charge in [-0.3, -0.25) is 0 Å². The number of aromatic nitrogens is 6. The fourth-order valence-electron chi connectivity index (χ4n) is 8.09. The van der Waals surface area contributed by atoms with Gasteiger partial charge in [-0.05, 0) is 111 Å². The van der Waals surface area contributed by atoms with Gasteiger partial charge >= 0.3 is 0 Å². The van der Waals surface area contributed by atoms with E-state index in [1.165, 1.54) is 18.2 Å². The molecule has 0 radical (unpaired) electrons. The second-order valence-electron chi connectivity index (χ2n) is 16.5. The Kier molecular flexibility index (Phi) is 11.6. The zero-order valence-electron chi connectivity index (χ0n) is 33.8. The van der Waals surface area contributed by atoms with Crippen molar-refractivity contribution in [1.29, 1.82) is 0 Å². The summed E-state index contributed by atoms with van der Waals surface area (Å²) in [6.07, 6.45) is 9.11. The van der Waals surface area contributed by atoms with Crippen LogP contribution in [0.1, 0.15) is 88.2 Å². The van der Waals surface area contributed by atoms with E-state index in [9.17, 15) is 5.11 Å². The lowest BCUT2D eigenvalue weighted by atomic mass is 9.72. The van der Waals surface area contributed by atoms with Gasteiger partial charge in [-0.1, -0.05) is 60.1 Å². The van der Waals surface area contributed by atoms with Gasteiger partial charge in [-0.2, -0.15) is 10.2 Å². The summed E-state index contributed by atoms with van der Waals surface area (Å²) < 4.78 is 51.4. The first-order chi connectivity index (χ1) is 28.4. The van der Waals surface area contributed by atoms with E-state index in [1.54, 1.807) is 17.8 Å². The number of ether oxygens (including phenoxy) is 2. The number of rotatable bonds is 14. The summed E-state index contributed by atoms with van der Waals surface area (Å²) in [5, 5.41) is 20.3. The largest absolute Gasteiger partial charge is 0.454 e. The highest BCUT2D eigenvalue weighted by atomic mass is 79.9. The highest BCUT2D eigenvalue weighted by Crippen LogP contribution is 2.42. The zero-order valence-corrected chi connectivity index (χ0v) is 35.4. The van der Waals surface area contributed by atoms with Crippen LogP contribution in [0.25, 0.3) is 28.0 Å². The van der Waals surface area contributed by atoms with Crippen molar-refractivity contribution >= 4 is 26.8 Å². The summed E-state index contributed by atoms with van der Waals surface area (Å²) in [6.45, 7) is 7.19. The molecular weight excluding hydrogens is 814 g/mol. The minimum atomic E-state index is -0.642. The maximum absolute atomic E-state index is 16.6. The second-order valence-corrected chi connectivity index (χ2v) is 17.4. The van der Waals surface area contributed by atoms with Gasteiger partial charge in [0.25, 0.3) is 0 Å². The summed E-state index contributed by atoms with van der Waals surface area (Å²) in [7, 11) is 1.75. The normalized spacial score (nSPS) is 15.8. The van der Waals surface area contributed by atoms with Crippen LogP contribution in [0.2, 0.25) is 0 Å². The Morgan fingerprint density at radius 3 is 2.47 bits per heavy atom. The first-order valence-electron chi connectivity index (χ1n) is 20.2. The minimum Gasteiger partial charge on any atom is -0.454 e. The highest BCUT2D eigenvalue weighted by Gasteiger charge is 2.36. The van der Waals surface area contributed by atoms with Gasteiger partial charge in [0.2, 0.25) is 0 Å². The van der Waals surface area contributed by atoms with Crippen molar-refractivity contribution in [3.8, 4) is 28.6 Å². The van der Waals surface area contributed by atoms with E-state index in [4.69, 9.17) is 24.7 Å². The number of aryl methyl sites for hydroxylation is 1. The molecule has 59 heavy (non-hydrogen) atoms. The third kappa shape index (κ3) is 8.49. The Morgan fingerprint density at radius 2 is 1.71 bits per heavy atom. The van der Waals surface area contributed by atoms with Crippen LogP contribution in [-0.2, 0) is 23.6 Å². The van der Waals surface area contributed by atoms with Gasteiger partial charge in [0.1, 0.15) is 17.8 Å². The standard InChI is InChI=1S/C47H49BrF2N6O3/c1-46(2,22-25-57)20-21-47(3,31-11-10-12-32(48)27-31)45-51-44(54(4)53-45)38-29-35(16-17-39(38)49)59-43-37(28-33-18-24-56(52-33)42-15-8-9-26-58-42)36-19-23-55(41(36)30-40(43)50)34-13-6-5-7-14-34/h5-7,10-14,16-19,23-24,27,29-30,42,57H,8-9,15,20-22,25-26,28H2,1-4H3. The van der Waals surface area contributed by atoms with Crippen molar-refractivity contribution in [3.05, 3.63) is 142 Å². The molecule has 1 aliphatic rings. The van der Waals surface area contributed by atoms with Gasteiger partial charge in [-0.15, -0.1) is 0 Å². The second kappa shape index (κ2) is 16.8.